The second-order valence-corrected chi connectivity index (χ2v) is 5.04. The maximum absolute atomic E-state index is 13.0. The van der Waals surface area contributed by atoms with Crippen molar-refractivity contribution in [2.24, 2.45) is 0 Å². The van der Waals surface area contributed by atoms with Crippen LogP contribution >= 0.6 is 15.9 Å². The van der Waals surface area contributed by atoms with Gasteiger partial charge in [-0.05, 0) is 35.9 Å². The number of nitrogens with two attached hydrogens (primary N) is 1. The molecular formula is C14H14BrFN2. The van der Waals surface area contributed by atoms with E-state index in [1.807, 2.05) is 31.3 Å². The van der Waals surface area contributed by atoms with Crippen molar-refractivity contribution in [3.63, 3.8) is 0 Å². The summed E-state index contributed by atoms with van der Waals surface area (Å²) in [5.41, 5.74) is 8.55. The molecule has 2 rings (SSSR count). The molecule has 4 heteroatoms. The van der Waals surface area contributed by atoms with Crippen LogP contribution in [0, 0.1) is 5.82 Å². The van der Waals surface area contributed by atoms with Gasteiger partial charge in [0.15, 0.2) is 0 Å². The predicted molar refractivity (Wildman–Crippen MR) is 77.1 cm³/mol. The van der Waals surface area contributed by atoms with E-state index in [1.165, 1.54) is 12.1 Å². The van der Waals surface area contributed by atoms with Crippen LogP contribution in [0.2, 0.25) is 0 Å². The van der Waals surface area contributed by atoms with Crippen LogP contribution in [0.4, 0.5) is 15.8 Å². The first-order chi connectivity index (χ1) is 8.56. The van der Waals surface area contributed by atoms with E-state index in [-0.39, 0.29) is 5.82 Å². The molecule has 0 aliphatic heterocycles. The van der Waals surface area contributed by atoms with Gasteiger partial charge in [-0.1, -0.05) is 28.1 Å². The minimum atomic E-state index is -0.239. The number of hydrogen-bond donors (Lipinski definition) is 1. The molecule has 2 N–H and O–H groups in total. The second-order valence-electron chi connectivity index (χ2n) is 4.19. The number of rotatable bonds is 3. The molecular weight excluding hydrogens is 295 g/mol. The highest BCUT2D eigenvalue weighted by Crippen LogP contribution is 2.23. The van der Waals surface area contributed by atoms with E-state index in [9.17, 15) is 4.39 Å². The summed E-state index contributed by atoms with van der Waals surface area (Å²) in [5, 5.41) is 0. The highest BCUT2D eigenvalue weighted by Gasteiger charge is 2.06. The van der Waals surface area contributed by atoms with E-state index in [0.29, 0.717) is 6.54 Å². The Morgan fingerprint density at radius 3 is 2.67 bits per heavy atom. The zero-order valence-electron chi connectivity index (χ0n) is 10.0. The van der Waals surface area contributed by atoms with Crippen molar-refractivity contribution in [1.82, 2.24) is 0 Å². The van der Waals surface area contributed by atoms with Gasteiger partial charge in [-0.15, -0.1) is 0 Å². The fraction of sp³-hybridized carbons (Fsp3) is 0.143. The molecule has 0 atom stereocenters. The first-order valence-corrected chi connectivity index (χ1v) is 6.36. The molecule has 0 aromatic heterocycles. The minimum Gasteiger partial charge on any atom is -0.399 e. The molecule has 18 heavy (non-hydrogen) atoms. The summed E-state index contributed by atoms with van der Waals surface area (Å²) in [5.74, 6) is -0.239. The number of benzene rings is 2. The van der Waals surface area contributed by atoms with E-state index in [1.54, 1.807) is 6.07 Å². The van der Waals surface area contributed by atoms with Crippen LogP contribution < -0.4 is 10.6 Å². The molecule has 2 aromatic carbocycles. The molecule has 0 aliphatic rings. The van der Waals surface area contributed by atoms with Crippen molar-refractivity contribution in [3.05, 3.63) is 58.3 Å². The minimum absolute atomic E-state index is 0.239. The van der Waals surface area contributed by atoms with E-state index < -0.39 is 0 Å². The Hall–Kier alpha value is -1.55. The van der Waals surface area contributed by atoms with Crippen LogP contribution in [0.3, 0.4) is 0 Å². The van der Waals surface area contributed by atoms with Crippen molar-refractivity contribution in [3.8, 4) is 0 Å². The SMILES string of the molecule is CN(Cc1ccc(F)cc1Br)c1cccc(N)c1. The monoisotopic (exact) mass is 308 g/mol. The lowest BCUT2D eigenvalue weighted by atomic mass is 10.2. The third-order valence-electron chi connectivity index (χ3n) is 2.73. The molecule has 0 fully saturated rings. The number of nitrogens with zero attached hydrogens (tertiary/aromatic N) is 1. The summed E-state index contributed by atoms with van der Waals surface area (Å²) < 4.78 is 13.8. The molecule has 0 heterocycles. The molecule has 0 radical (unpaired) electrons. The highest BCUT2D eigenvalue weighted by atomic mass is 79.9. The zero-order chi connectivity index (χ0) is 13.1. The normalized spacial score (nSPS) is 10.4. The fourth-order valence-corrected chi connectivity index (χ4v) is 2.24. The van der Waals surface area contributed by atoms with Crippen molar-refractivity contribution < 1.29 is 4.39 Å². The van der Waals surface area contributed by atoms with Gasteiger partial charge in [0.05, 0.1) is 0 Å². The Morgan fingerprint density at radius 1 is 1.22 bits per heavy atom. The molecule has 0 unspecified atom stereocenters. The third-order valence-corrected chi connectivity index (χ3v) is 3.47. The first kappa shape index (κ1) is 12.9. The van der Waals surface area contributed by atoms with Gasteiger partial charge >= 0.3 is 0 Å². The maximum Gasteiger partial charge on any atom is 0.124 e. The van der Waals surface area contributed by atoms with Crippen molar-refractivity contribution in [2.45, 2.75) is 6.54 Å². The Labute approximate surface area is 114 Å². The lowest BCUT2D eigenvalue weighted by Gasteiger charge is -2.20. The largest absolute Gasteiger partial charge is 0.399 e. The standard InChI is InChI=1S/C14H14BrFN2/c1-18(13-4-2-3-12(17)8-13)9-10-5-6-11(16)7-14(10)15/h2-8H,9,17H2,1H3. The Kier molecular flexibility index (Phi) is 3.87. The summed E-state index contributed by atoms with van der Waals surface area (Å²) in [6, 6.07) is 12.4. The molecule has 2 nitrogen and oxygen atoms in total. The topological polar surface area (TPSA) is 29.3 Å². The highest BCUT2D eigenvalue weighted by molar-refractivity contribution is 9.10. The molecule has 0 amide bonds. The molecule has 2 aromatic rings. The maximum atomic E-state index is 13.0. The van der Waals surface area contributed by atoms with Crippen LogP contribution in [-0.2, 0) is 6.54 Å². The fourth-order valence-electron chi connectivity index (χ4n) is 1.76. The molecule has 94 valence electrons. The number of anilines is 2. The van der Waals surface area contributed by atoms with Crippen LogP contribution in [0.5, 0.6) is 0 Å². The van der Waals surface area contributed by atoms with Gasteiger partial charge < -0.3 is 10.6 Å². The Balaban J connectivity index is 2.18. The van der Waals surface area contributed by atoms with E-state index in [2.05, 4.69) is 20.8 Å². The summed E-state index contributed by atoms with van der Waals surface area (Å²) in [6.45, 7) is 0.685. The smallest absolute Gasteiger partial charge is 0.124 e. The summed E-state index contributed by atoms with van der Waals surface area (Å²) in [6.07, 6.45) is 0. The zero-order valence-corrected chi connectivity index (χ0v) is 11.6. The molecule has 0 saturated heterocycles. The average molecular weight is 309 g/mol. The van der Waals surface area contributed by atoms with Crippen LogP contribution in [0.15, 0.2) is 46.9 Å². The lowest BCUT2D eigenvalue weighted by molar-refractivity contribution is 0.626. The number of nitrogen functional groups attached to an aromatic ring is 1. The van der Waals surface area contributed by atoms with Gasteiger partial charge in [-0.3, -0.25) is 0 Å². The van der Waals surface area contributed by atoms with Crippen molar-refractivity contribution in [1.29, 1.82) is 0 Å². The predicted octanol–water partition coefficient (Wildman–Crippen LogP) is 3.81. The van der Waals surface area contributed by atoms with Crippen LogP contribution in [-0.4, -0.2) is 7.05 Å². The summed E-state index contributed by atoms with van der Waals surface area (Å²) >= 11 is 3.37. The van der Waals surface area contributed by atoms with Crippen LogP contribution in [0.25, 0.3) is 0 Å². The molecule has 0 saturated carbocycles. The Morgan fingerprint density at radius 2 is 2.00 bits per heavy atom. The van der Waals surface area contributed by atoms with E-state index in [0.717, 1.165) is 21.4 Å². The average Bonchev–Trinajstić information content (AvgIpc) is 2.32. The van der Waals surface area contributed by atoms with Crippen molar-refractivity contribution in [2.75, 3.05) is 17.7 Å². The molecule has 0 bridgehead atoms. The summed E-state index contributed by atoms with van der Waals surface area (Å²) in [7, 11) is 1.98. The summed E-state index contributed by atoms with van der Waals surface area (Å²) in [4.78, 5) is 2.06. The van der Waals surface area contributed by atoms with Gasteiger partial charge in [0.25, 0.3) is 0 Å². The van der Waals surface area contributed by atoms with Gasteiger partial charge in [0.1, 0.15) is 5.82 Å². The molecule has 0 spiro atoms. The second kappa shape index (κ2) is 5.40. The van der Waals surface area contributed by atoms with Crippen LogP contribution in [0.1, 0.15) is 5.56 Å². The van der Waals surface area contributed by atoms with Gasteiger partial charge in [0, 0.05) is 29.4 Å². The quantitative estimate of drug-likeness (QED) is 0.874. The number of hydrogen-bond acceptors (Lipinski definition) is 2. The lowest BCUT2D eigenvalue weighted by Crippen LogP contribution is -2.16. The van der Waals surface area contributed by atoms with E-state index in [4.69, 9.17) is 5.73 Å². The van der Waals surface area contributed by atoms with Gasteiger partial charge in [-0.25, -0.2) is 4.39 Å². The third kappa shape index (κ3) is 3.01. The van der Waals surface area contributed by atoms with Gasteiger partial charge in [-0.2, -0.15) is 0 Å². The Bertz CT molecular complexity index is 557. The van der Waals surface area contributed by atoms with Crippen molar-refractivity contribution >= 4 is 27.3 Å². The molecule has 0 aliphatic carbocycles. The number of halogens is 2. The van der Waals surface area contributed by atoms with Gasteiger partial charge in [0.2, 0.25) is 0 Å². The van der Waals surface area contributed by atoms with E-state index >= 15 is 0 Å². The first-order valence-electron chi connectivity index (χ1n) is 5.57.